The highest BCUT2D eigenvalue weighted by Gasteiger charge is 2.33. The van der Waals surface area contributed by atoms with Crippen molar-refractivity contribution in [2.45, 2.75) is 19.3 Å². The summed E-state index contributed by atoms with van der Waals surface area (Å²) in [6.07, 6.45) is 2.51. The molecular formula is C17H17NO. The summed E-state index contributed by atoms with van der Waals surface area (Å²) in [6, 6.07) is 17.3. The van der Waals surface area contributed by atoms with Crippen LogP contribution in [0.25, 0.3) is 10.8 Å². The second-order valence-corrected chi connectivity index (χ2v) is 5.32. The number of benzene rings is 2. The fourth-order valence-corrected chi connectivity index (χ4v) is 2.90. The third kappa shape index (κ3) is 2.34. The van der Waals surface area contributed by atoms with E-state index in [9.17, 15) is 5.26 Å². The van der Waals surface area contributed by atoms with Crippen molar-refractivity contribution < 1.29 is 4.74 Å². The molecule has 1 heterocycles. The largest absolute Gasteiger partial charge is 0.381 e. The first-order valence-corrected chi connectivity index (χ1v) is 6.79. The first-order valence-electron chi connectivity index (χ1n) is 6.79. The normalized spacial score (nSPS) is 18.1. The van der Waals surface area contributed by atoms with E-state index in [1.165, 1.54) is 16.3 Å². The van der Waals surface area contributed by atoms with Crippen molar-refractivity contribution >= 4 is 10.8 Å². The molecule has 0 saturated carbocycles. The van der Waals surface area contributed by atoms with Crippen LogP contribution in [0.5, 0.6) is 0 Å². The van der Waals surface area contributed by atoms with Crippen LogP contribution in [0.15, 0.2) is 42.5 Å². The third-order valence-corrected chi connectivity index (χ3v) is 4.10. The molecule has 0 atom stereocenters. The topological polar surface area (TPSA) is 33.0 Å². The summed E-state index contributed by atoms with van der Waals surface area (Å²) in [5.41, 5.74) is 1.03. The van der Waals surface area contributed by atoms with Gasteiger partial charge in [-0.15, -0.1) is 0 Å². The van der Waals surface area contributed by atoms with Gasteiger partial charge in [0, 0.05) is 13.2 Å². The van der Waals surface area contributed by atoms with Crippen molar-refractivity contribution in [1.29, 1.82) is 5.26 Å². The highest BCUT2D eigenvalue weighted by atomic mass is 16.5. The Balaban J connectivity index is 1.99. The number of nitrogens with zero attached hydrogens (tertiary/aromatic N) is 1. The first-order chi connectivity index (χ1) is 9.33. The average molecular weight is 251 g/mol. The number of hydrogen-bond acceptors (Lipinski definition) is 2. The molecule has 0 amide bonds. The third-order valence-electron chi connectivity index (χ3n) is 4.10. The molecule has 0 bridgehead atoms. The molecule has 2 aromatic carbocycles. The second-order valence-electron chi connectivity index (χ2n) is 5.32. The number of hydrogen-bond donors (Lipinski definition) is 0. The van der Waals surface area contributed by atoms with Gasteiger partial charge >= 0.3 is 0 Å². The molecule has 3 rings (SSSR count). The van der Waals surface area contributed by atoms with Crippen molar-refractivity contribution in [3.05, 3.63) is 48.0 Å². The van der Waals surface area contributed by atoms with Crippen LogP contribution in [-0.2, 0) is 11.2 Å². The summed E-state index contributed by atoms with van der Waals surface area (Å²) < 4.78 is 5.40. The van der Waals surface area contributed by atoms with Gasteiger partial charge in [-0.2, -0.15) is 5.26 Å². The van der Waals surface area contributed by atoms with Crippen LogP contribution in [0.2, 0.25) is 0 Å². The van der Waals surface area contributed by atoms with E-state index in [0.717, 1.165) is 19.3 Å². The lowest BCUT2D eigenvalue weighted by molar-refractivity contribution is 0.0407. The average Bonchev–Trinajstić information content (AvgIpc) is 2.49. The number of fused-ring (bicyclic) bond motifs is 1. The van der Waals surface area contributed by atoms with Crippen molar-refractivity contribution in [3.63, 3.8) is 0 Å². The predicted octanol–water partition coefficient (Wildman–Crippen LogP) is 3.70. The zero-order chi connectivity index (χ0) is 13.1. The zero-order valence-corrected chi connectivity index (χ0v) is 10.9. The number of nitriles is 1. The lowest BCUT2D eigenvalue weighted by atomic mass is 9.76. The van der Waals surface area contributed by atoms with E-state index in [-0.39, 0.29) is 5.41 Å². The SMILES string of the molecule is N#CC1(Cc2cccc3ccccc23)CCOCC1. The Kier molecular flexibility index (Phi) is 3.23. The maximum Gasteiger partial charge on any atom is 0.0695 e. The Morgan fingerprint density at radius 1 is 1.05 bits per heavy atom. The molecular weight excluding hydrogens is 234 g/mol. The van der Waals surface area contributed by atoms with Gasteiger partial charge in [-0.3, -0.25) is 0 Å². The van der Waals surface area contributed by atoms with E-state index in [2.05, 4.69) is 48.5 Å². The second kappa shape index (κ2) is 5.03. The van der Waals surface area contributed by atoms with Crippen molar-refractivity contribution in [2.24, 2.45) is 5.41 Å². The first kappa shape index (κ1) is 12.2. The van der Waals surface area contributed by atoms with E-state index in [1.807, 2.05) is 0 Å². The summed E-state index contributed by atoms with van der Waals surface area (Å²) in [5.74, 6) is 0. The molecule has 0 spiro atoms. The minimum absolute atomic E-state index is 0.248. The van der Waals surface area contributed by atoms with Crippen LogP contribution in [0.1, 0.15) is 18.4 Å². The van der Waals surface area contributed by atoms with Crippen molar-refractivity contribution in [2.75, 3.05) is 13.2 Å². The van der Waals surface area contributed by atoms with Crippen LogP contribution in [-0.4, -0.2) is 13.2 Å². The summed E-state index contributed by atoms with van der Waals surface area (Å²) in [6.45, 7) is 1.41. The number of rotatable bonds is 2. The van der Waals surface area contributed by atoms with E-state index >= 15 is 0 Å². The Morgan fingerprint density at radius 3 is 2.58 bits per heavy atom. The molecule has 19 heavy (non-hydrogen) atoms. The van der Waals surface area contributed by atoms with Gasteiger partial charge in [-0.25, -0.2) is 0 Å². The van der Waals surface area contributed by atoms with E-state index < -0.39 is 0 Å². The smallest absolute Gasteiger partial charge is 0.0695 e. The minimum Gasteiger partial charge on any atom is -0.381 e. The Hall–Kier alpha value is -1.85. The maximum absolute atomic E-state index is 9.57. The highest BCUT2D eigenvalue weighted by Crippen LogP contribution is 2.35. The van der Waals surface area contributed by atoms with Crippen LogP contribution < -0.4 is 0 Å². The van der Waals surface area contributed by atoms with Gasteiger partial charge in [0.1, 0.15) is 0 Å². The highest BCUT2D eigenvalue weighted by molar-refractivity contribution is 5.85. The molecule has 2 nitrogen and oxygen atoms in total. The Morgan fingerprint density at radius 2 is 1.79 bits per heavy atom. The molecule has 2 heteroatoms. The van der Waals surface area contributed by atoms with Crippen LogP contribution >= 0.6 is 0 Å². The number of ether oxygens (including phenoxy) is 1. The van der Waals surface area contributed by atoms with Gasteiger partial charge in [0.15, 0.2) is 0 Å². The minimum atomic E-state index is -0.248. The van der Waals surface area contributed by atoms with Gasteiger partial charge in [-0.05, 0) is 35.6 Å². The summed E-state index contributed by atoms with van der Waals surface area (Å²) >= 11 is 0. The fraction of sp³-hybridized carbons (Fsp3) is 0.353. The van der Waals surface area contributed by atoms with E-state index in [4.69, 9.17) is 4.74 Å². The van der Waals surface area contributed by atoms with Crippen molar-refractivity contribution in [1.82, 2.24) is 0 Å². The van der Waals surface area contributed by atoms with Gasteiger partial charge < -0.3 is 4.74 Å². The summed E-state index contributed by atoms with van der Waals surface area (Å²) in [4.78, 5) is 0. The van der Waals surface area contributed by atoms with E-state index in [1.54, 1.807) is 0 Å². The van der Waals surface area contributed by atoms with Crippen LogP contribution in [0.4, 0.5) is 0 Å². The van der Waals surface area contributed by atoms with Crippen LogP contribution in [0, 0.1) is 16.7 Å². The van der Waals surface area contributed by atoms with Crippen molar-refractivity contribution in [3.8, 4) is 6.07 Å². The van der Waals surface area contributed by atoms with Gasteiger partial charge in [-0.1, -0.05) is 42.5 Å². The molecule has 1 aliphatic rings. The molecule has 1 aliphatic heterocycles. The molecule has 0 aliphatic carbocycles. The lowest BCUT2D eigenvalue weighted by Gasteiger charge is -2.31. The molecule has 0 unspecified atom stereocenters. The standard InChI is InChI=1S/C17H17NO/c18-13-17(8-10-19-11-9-17)12-15-6-3-5-14-4-1-2-7-16(14)15/h1-7H,8-12H2. The zero-order valence-electron chi connectivity index (χ0n) is 10.9. The molecule has 0 N–H and O–H groups in total. The van der Waals surface area contributed by atoms with Gasteiger partial charge in [0.25, 0.3) is 0 Å². The monoisotopic (exact) mass is 251 g/mol. The molecule has 1 fully saturated rings. The van der Waals surface area contributed by atoms with Gasteiger partial charge in [0.05, 0.1) is 11.5 Å². The lowest BCUT2D eigenvalue weighted by Crippen LogP contribution is -2.30. The quantitative estimate of drug-likeness (QED) is 0.815. The summed E-state index contributed by atoms with van der Waals surface area (Å²) in [5, 5.41) is 12.1. The molecule has 2 aromatic rings. The maximum atomic E-state index is 9.57. The predicted molar refractivity (Wildman–Crippen MR) is 75.8 cm³/mol. The molecule has 96 valence electrons. The van der Waals surface area contributed by atoms with Crippen LogP contribution in [0.3, 0.4) is 0 Å². The fourth-order valence-electron chi connectivity index (χ4n) is 2.90. The summed E-state index contributed by atoms with van der Waals surface area (Å²) in [7, 11) is 0. The van der Waals surface area contributed by atoms with Gasteiger partial charge in [0.2, 0.25) is 0 Å². The Labute approximate surface area is 113 Å². The molecule has 0 aromatic heterocycles. The molecule has 0 radical (unpaired) electrons. The van der Waals surface area contributed by atoms with E-state index in [0.29, 0.717) is 13.2 Å². The molecule has 1 saturated heterocycles. The Bertz CT molecular complexity index is 615.